The fourth-order valence-electron chi connectivity index (χ4n) is 6.63. The van der Waals surface area contributed by atoms with Gasteiger partial charge in [0.15, 0.2) is 0 Å². The van der Waals surface area contributed by atoms with E-state index in [0.717, 1.165) is 56.4 Å². The van der Waals surface area contributed by atoms with Crippen molar-refractivity contribution in [1.29, 1.82) is 0 Å². The molecule has 5 nitrogen and oxygen atoms in total. The van der Waals surface area contributed by atoms with E-state index < -0.39 is 0 Å². The summed E-state index contributed by atoms with van der Waals surface area (Å²) in [5.74, 6) is 3.04. The fourth-order valence-corrected chi connectivity index (χ4v) is 6.63. The van der Waals surface area contributed by atoms with Crippen LogP contribution in [0.2, 0.25) is 0 Å². The third kappa shape index (κ3) is 6.00. The Balaban J connectivity index is 1.30. The lowest BCUT2D eigenvalue weighted by atomic mass is 9.92. The van der Waals surface area contributed by atoms with Gasteiger partial charge in [0.1, 0.15) is 17.3 Å². The monoisotopic (exact) mass is 628 g/mol. The number of aromatic nitrogens is 4. The largest absolute Gasteiger partial charge is 0.457 e. The molecule has 0 spiro atoms. The molecular formula is C43H40N4O. The molecule has 7 rings (SSSR count). The highest BCUT2D eigenvalue weighted by atomic mass is 16.5. The normalized spacial score (nSPS) is 11.5. The topological polar surface area (TPSA) is 52.8 Å². The first-order valence-corrected chi connectivity index (χ1v) is 16.7. The SMILES string of the molecule is Cc1cc(C)cc(-c2nccnc2-c2cccc(Oc3cccc(-c4nc5ccccc5n4-c4c(C(C)C)cccc4C(C)C)c3)c2)c1. The van der Waals surface area contributed by atoms with Crippen molar-refractivity contribution < 1.29 is 4.74 Å². The smallest absolute Gasteiger partial charge is 0.145 e. The lowest BCUT2D eigenvalue weighted by molar-refractivity contribution is 0.483. The van der Waals surface area contributed by atoms with Crippen LogP contribution in [-0.2, 0) is 0 Å². The first-order chi connectivity index (χ1) is 23.3. The van der Waals surface area contributed by atoms with Gasteiger partial charge in [0, 0.05) is 29.1 Å². The Labute approximate surface area is 283 Å². The maximum absolute atomic E-state index is 6.54. The van der Waals surface area contributed by atoms with E-state index in [4.69, 9.17) is 19.7 Å². The molecule has 0 aliphatic carbocycles. The van der Waals surface area contributed by atoms with Crippen LogP contribution >= 0.6 is 0 Å². The lowest BCUT2D eigenvalue weighted by Crippen LogP contribution is -2.08. The van der Waals surface area contributed by atoms with E-state index in [2.05, 4.69) is 125 Å². The average Bonchev–Trinajstić information content (AvgIpc) is 3.47. The number of ether oxygens (including phenoxy) is 1. The summed E-state index contributed by atoms with van der Waals surface area (Å²) in [5, 5.41) is 0. The molecule has 0 N–H and O–H groups in total. The van der Waals surface area contributed by atoms with Crippen LogP contribution in [0, 0.1) is 13.8 Å². The van der Waals surface area contributed by atoms with Gasteiger partial charge in [-0.25, -0.2) is 4.98 Å². The summed E-state index contributed by atoms with van der Waals surface area (Å²) in [6.45, 7) is 13.3. The van der Waals surface area contributed by atoms with Gasteiger partial charge in [-0.15, -0.1) is 0 Å². The second-order valence-electron chi connectivity index (χ2n) is 13.1. The van der Waals surface area contributed by atoms with Crippen LogP contribution in [0.4, 0.5) is 0 Å². The molecule has 5 aromatic carbocycles. The van der Waals surface area contributed by atoms with E-state index in [-0.39, 0.29) is 0 Å². The molecule has 5 heteroatoms. The minimum Gasteiger partial charge on any atom is -0.457 e. The fraction of sp³-hybridized carbons (Fsp3) is 0.186. The number of para-hydroxylation sites is 3. The maximum atomic E-state index is 6.54. The number of hydrogen-bond donors (Lipinski definition) is 0. The van der Waals surface area contributed by atoms with Crippen LogP contribution in [0.3, 0.4) is 0 Å². The summed E-state index contributed by atoms with van der Waals surface area (Å²) in [7, 11) is 0. The number of hydrogen-bond acceptors (Lipinski definition) is 4. The Bertz CT molecular complexity index is 2220. The van der Waals surface area contributed by atoms with Gasteiger partial charge in [0.25, 0.3) is 0 Å². The summed E-state index contributed by atoms with van der Waals surface area (Å²) in [6.07, 6.45) is 3.49. The van der Waals surface area contributed by atoms with Crippen molar-refractivity contribution in [1.82, 2.24) is 19.5 Å². The van der Waals surface area contributed by atoms with Gasteiger partial charge in [0.2, 0.25) is 0 Å². The predicted molar refractivity (Wildman–Crippen MR) is 197 cm³/mol. The van der Waals surface area contributed by atoms with Gasteiger partial charge >= 0.3 is 0 Å². The van der Waals surface area contributed by atoms with Crippen LogP contribution in [-0.4, -0.2) is 19.5 Å². The number of aryl methyl sites for hydroxylation is 2. The molecule has 0 aliphatic rings. The third-order valence-electron chi connectivity index (χ3n) is 8.76. The van der Waals surface area contributed by atoms with Gasteiger partial charge in [0.05, 0.1) is 28.1 Å². The molecule has 0 bridgehead atoms. The molecule has 0 unspecified atom stereocenters. The van der Waals surface area contributed by atoms with Crippen molar-refractivity contribution in [2.45, 2.75) is 53.4 Å². The molecule has 0 radical (unpaired) electrons. The highest BCUT2D eigenvalue weighted by Crippen LogP contribution is 2.38. The van der Waals surface area contributed by atoms with Gasteiger partial charge in [-0.2, -0.15) is 0 Å². The van der Waals surface area contributed by atoms with Crippen LogP contribution < -0.4 is 4.74 Å². The molecule has 0 fully saturated rings. The van der Waals surface area contributed by atoms with Crippen molar-refractivity contribution in [3.63, 3.8) is 0 Å². The zero-order valence-electron chi connectivity index (χ0n) is 28.4. The van der Waals surface area contributed by atoms with Crippen molar-refractivity contribution in [3.05, 3.63) is 144 Å². The molecule has 0 aliphatic heterocycles. The Hall–Kier alpha value is -5.55. The quantitative estimate of drug-likeness (QED) is 0.168. The molecule has 48 heavy (non-hydrogen) atoms. The number of imidazole rings is 1. The van der Waals surface area contributed by atoms with E-state index in [9.17, 15) is 0 Å². The summed E-state index contributed by atoms with van der Waals surface area (Å²) in [5.41, 5.74) is 12.9. The van der Waals surface area contributed by atoms with E-state index >= 15 is 0 Å². The van der Waals surface area contributed by atoms with Crippen molar-refractivity contribution in [2.75, 3.05) is 0 Å². The van der Waals surface area contributed by atoms with Crippen LogP contribution in [0.15, 0.2) is 122 Å². The molecule has 0 saturated carbocycles. The van der Waals surface area contributed by atoms with Crippen LogP contribution in [0.25, 0.3) is 50.6 Å². The van der Waals surface area contributed by atoms with Crippen molar-refractivity contribution in [2.24, 2.45) is 0 Å². The standard InChI is InChI=1S/C43H40N4O/c1-27(2)36-16-11-17-37(28(3)4)42(36)47-39-19-8-7-18-38(39)46-43(47)32-13-10-15-35(26-32)48-34-14-9-12-31(25-34)40-41(45-21-20-44-40)33-23-29(5)22-30(6)24-33/h7-28H,1-6H3. The van der Waals surface area contributed by atoms with E-state index in [0.29, 0.717) is 11.8 Å². The third-order valence-corrected chi connectivity index (χ3v) is 8.76. The van der Waals surface area contributed by atoms with Crippen LogP contribution in [0.1, 0.15) is 61.8 Å². The lowest BCUT2D eigenvalue weighted by Gasteiger charge is -2.22. The van der Waals surface area contributed by atoms with Crippen LogP contribution in [0.5, 0.6) is 11.5 Å². The molecule has 2 heterocycles. The minimum absolute atomic E-state index is 0.347. The molecule has 0 amide bonds. The molecular weight excluding hydrogens is 589 g/mol. The highest BCUT2D eigenvalue weighted by molar-refractivity contribution is 5.84. The number of nitrogens with zero attached hydrogens (tertiary/aromatic N) is 4. The van der Waals surface area contributed by atoms with E-state index in [1.807, 2.05) is 30.3 Å². The first kappa shape index (κ1) is 31.1. The molecule has 0 atom stereocenters. The number of fused-ring (bicyclic) bond motifs is 1. The predicted octanol–water partition coefficient (Wildman–Crippen LogP) is 11.5. The van der Waals surface area contributed by atoms with Gasteiger partial charge in [-0.05, 0) is 85.3 Å². The van der Waals surface area contributed by atoms with E-state index in [1.54, 1.807) is 12.4 Å². The number of benzene rings is 5. The van der Waals surface area contributed by atoms with Crippen molar-refractivity contribution >= 4 is 11.0 Å². The maximum Gasteiger partial charge on any atom is 0.145 e. The van der Waals surface area contributed by atoms with Gasteiger partial charge < -0.3 is 4.74 Å². The average molecular weight is 629 g/mol. The Kier molecular flexibility index (Phi) is 8.36. The molecule has 2 aromatic heterocycles. The Morgan fingerprint density at radius 1 is 0.562 bits per heavy atom. The van der Waals surface area contributed by atoms with Crippen molar-refractivity contribution in [3.8, 4) is 51.1 Å². The highest BCUT2D eigenvalue weighted by Gasteiger charge is 2.22. The molecule has 0 saturated heterocycles. The van der Waals surface area contributed by atoms with Gasteiger partial charge in [-0.3, -0.25) is 14.5 Å². The molecule has 7 aromatic rings. The summed E-state index contributed by atoms with van der Waals surface area (Å²) in [6, 6.07) is 37.9. The zero-order valence-corrected chi connectivity index (χ0v) is 28.4. The summed E-state index contributed by atoms with van der Waals surface area (Å²) in [4.78, 5) is 14.7. The second kappa shape index (κ2) is 12.9. The summed E-state index contributed by atoms with van der Waals surface area (Å²) < 4.78 is 8.89. The molecule has 238 valence electrons. The second-order valence-corrected chi connectivity index (χ2v) is 13.1. The first-order valence-electron chi connectivity index (χ1n) is 16.7. The zero-order chi connectivity index (χ0) is 33.4. The van der Waals surface area contributed by atoms with E-state index in [1.165, 1.54) is 27.9 Å². The minimum atomic E-state index is 0.347. The Morgan fingerprint density at radius 3 is 1.77 bits per heavy atom. The Morgan fingerprint density at radius 2 is 1.12 bits per heavy atom. The van der Waals surface area contributed by atoms with Gasteiger partial charge in [-0.1, -0.05) is 99.5 Å². The number of rotatable bonds is 8. The summed E-state index contributed by atoms with van der Waals surface area (Å²) >= 11 is 0.